The molecule has 5 nitrogen and oxygen atoms in total. The minimum Gasteiger partial charge on any atom is -0.371 e. The van der Waals surface area contributed by atoms with E-state index in [1.807, 2.05) is 18.2 Å². The standard InChI is InChI=1S/C26H34N4O/c31-26(28-19-23-6-1-2-13-27-23)21-9-14-29(15-10-21)24-11-16-30(17-12-24)25-8-7-20-4-3-5-22(20)18-25/h1-2,6-8,13,18,21,24H,3-5,9-12,14-17,19H2,(H,28,31). The van der Waals surface area contributed by atoms with Gasteiger partial charge in [0.25, 0.3) is 0 Å². The van der Waals surface area contributed by atoms with E-state index >= 15 is 0 Å². The van der Waals surface area contributed by atoms with Gasteiger partial charge in [0.15, 0.2) is 0 Å². The zero-order chi connectivity index (χ0) is 21.0. The normalized spacial score (nSPS) is 20.6. The number of pyridine rings is 1. The maximum absolute atomic E-state index is 12.6. The molecule has 0 radical (unpaired) electrons. The van der Waals surface area contributed by atoms with E-state index in [2.05, 4.69) is 38.3 Å². The van der Waals surface area contributed by atoms with Crippen molar-refractivity contribution in [3.8, 4) is 0 Å². The number of aryl methyl sites for hydroxylation is 2. The largest absolute Gasteiger partial charge is 0.371 e. The second kappa shape index (κ2) is 9.39. The Kier molecular flexibility index (Phi) is 6.21. The summed E-state index contributed by atoms with van der Waals surface area (Å²) < 4.78 is 0. The summed E-state index contributed by atoms with van der Waals surface area (Å²) in [5.41, 5.74) is 5.47. The molecule has 164 valence electrons. The summed E-state index contributed by atoms with van der Waals surface area (Å²) >= 11 is 0. The molecule has 0 atom stereocenters. The molecule has 31 heavy (non-hydrogen) atoms. The van der Waals surface area contributed by atoms with Crippen molar-refractivity contribution in [3.05, 3.63) is 59.4 Å². The van der Waals surface area contributed by atoms with E-state index in [-0.39, 0.29) is 11.8 Å². The number of hydrogen-bond donors (Lipinski definition) is 1. The van der Waals surface area contributed by atoms with Gasteiger partial charge in [-0.2, -0.15) is 0 Å². The molecule has 3 aliphatic rings. The SMILES string of the molecule is O=C(NCc1ccccn1)C1CCN(C2CCN(c3ccc4c(c3)CCC4)CC2)CC1. The molecule has 2 saturated heterocycles. The van der Waals surface area contributed by atoms with Crippen LogP contribution in [0.15, 0.2) is 42.6 Å². The molecule has 1 amide bonds. The number of benzene rings is 1. The number of amides is 1. The van der Waals surface area contributed by atoms with Crippen LogP contribution in [0.2, 0.25) is 0 Å². The molecule has 2 aliphatic heterocycles. The molecule has 3 heterocycles. The van der Waals surface area contributed by atoms with Crippen molar-refractivity contribution in [2.45, 2.75) is 57.5 Å². The van der Waals surface area contributed by atoms with Gasteiger partial charge in [-0.15, -0.1) is 0 Å². The van der Waals surface area contributed by atoms with Crippen molar-refractivity contribution < 1.29 is 4.79 Å². The van der Waals surface area contributed by atoms with Crippen LogP contribution in [0.3, 0.4) is 0 Å². The van der Waals surface area contributed by atoms with Crippen molar-refractivity contribution in [1.82, 2.24) is 15.2 Å². The molecule has 0 spiro atoms. The monoisotopic (exact) mass is 418 g/mol. The van der Waals surface area contributed by atoms with Gasteiger partial charge in [-0.3, -0.25) is 9.78 Å². The molecule has 5 heteroatoms. The van der Waals surface area contributed by atoms with Crippen LogP contribution in [0.4, 0.5) is 5.69 Å². The lowest BCUT2D eigenvalue weighted by Crippen LogP contribution is -2.49. The molecule has 2 aromatic rings. The highest BCUT2D eigenvalue weighted by Crippen LogP contribution is 2.30. The number of aromatic nitrogens is 1. The van der Waals surface area contributed by atoms with Crippen molar-refractivity contribution in [3.63, 3.8) is 0 Å². The minimum absolute atomic E-state index is 0.145. The Hall–Kier alpha value is -2.40. The third-order valence-corrected chi connectivity index (χ3v) is 7.50. The van der Waals surface area contributed by atoms with E-state index in [9.17, 15) is 4.79 Å². The fourth-order valence-corrected chi connectivity index (χ4v) is 5.60. The Bertz CT molecular complexity index is 884. The lowest BCUT2D eigenvalue weighted by Gasteiger charge is -2.42. The Morgan fingerprint density at radius 2 is 1.77 bits per heavy atom. The molecular formula is C26H34N4O. The van der Waals surface area contributed by atoms with E-state index in [4.69, 9.17) is 0 Å². The average Bonchev–Trinajstić information content (AvgIpc) is 3.31. The molecule has 1 N–H and O–H groups in total. The van der Waals surface area contributed by atoms with E-state index in [0.29, 0.717) is 12.6 Å². The van der Waals surface area contributed by atoms with Gasteiger partial charge in [-0.05, 0) is 93.4 Å². The summed E-state index contributed by atoms with van der Waals surface area (Å²) in [7, 11) is 0. The second-order valence-electron chi connectivity index (χ2n) is 9.37. The topological polar surface area (TPSA) is 48.5 Å². The van der Waals surface area contributed by atoms with Crippen molar-refractivity contribution in [2.75, 3.05) is 31.1 Å². The number of anilines is 1. The van der Waals surface area contributed by atoms with E-state index in [1.54, 1.807) is 17.3 Å². The first kappa shape index (κ1) is 20.5. The van der Waals surface area contributed by atoms with Crippen LogP contribution in [0, 0.1) is 5.92 Å². The predicted octanol–water partition coefficient (Wildman–Crippen LogP) is 3.57. The number of hydrogen-bond acceptors (Lipinski definition) is 4. The van der Waals surface area contributed by atoms with Crippen LogP contribution in [-0.2, 0) is 24.2 Å². The van der Waals surface area contributed by atoms with E-state index in [0.717, 1.165) is 44.7 Å². The van der Waals surface area contributed by atoms with Gasteiger partial charge in [0.1, 0.15) is 0 Å². The van der Waals surface area contributed by atoms with Gasteiger partial charge >= 0.3 is 0 Å². The number of nitrogens with one attached hydrogen (secondary N) is 1. The van der Waals surface area contributed by atoms with Crippen LogP contribution >= 0.6 is 0 Å². The van der Waals surface area contributed by atoms with E-state index in [1.165, 1.54) is 37.8 Å². The molecule has 0 bridgehead atoms. The molecule has 1 aromatic carbocycles. The molecular weight excluding hydrogens is 384 g/mol. The third-order valence-electron chi connectivity index (χ3n) is 7.50. The van der Waals surface area contributed by atoms with Gasteiger partial charge in [0.05, 0.1) is 12.2 Å². The van der Waals surface area contributed by atoms with Gasteiger partial charge in [-0.25, -0.2) is 0 Å². The first-order valence-electron chi connectivity index (χ1n) is 12.0. The number of carbonyl (C=O) groups excluding carboxylic acids is 1. The quantitative estimate of drug-likeness (QED) is 0.807. The molecule has 1 aromatic heterocycles. The van der Waals surface area contributed by atoms with Crippen molar-refractivity contribution >= 4 is 11.6 Å². The lowest BCUT2D eigenvalue weighted by molar-refractivity contribution is -0.126. The number of fused-ring (bicyclic) bond motifs is 1. The molecule has 0 saturated carbocycles. The van der Waals surface area contributed by atoms with Gasteiger partial charge in [0, 0.05) is 36.9 Å². The highest BCUT2D eigenvalue weighted by atomic mass is 16.1. The Balaban J connectivity index is 1.07. The summed E-state index contributed by atoms with van der Waals surface area (Å²) in [6, 6.07) is 13.6. The number of piperidine rings is 2. The number of nitrogens with zero attached hydrogens (tertiary/aromatic N) is 3. The van der Waals surface area contributed by atoms with Gasteiger partial charge < -0.3 is 15.1 Å². The van der Waals surface area contributed by atoms with Crippen LogP contribution in [0.5, 0.6) is 0 Å². The van der Waals surface area contributed by atoms with Crippen LogP contribution in [-0.4, -0.2) is 48.0 Å². The average molecular weight is 419 g/mol. The summed E-state index contributed by atoms with van der Waals surface area (Å²) in [4.78, 5) is 22.1. The van der Waals surface area contributed by atoms with Crippen LogP contribution in [0.25, 0.3) is 0 Å². The first-order valence-corrected chi connectivity index (χ1v) is 12.0. The smallest absolute Gasteiger partial charge is 0.223 e. The highest BCUT2D eigenvalue weighted by Gasteiger charge is 2.30. The van der Waals surface area contributed by atoms with Crippen molar-refractivity contribution in [1.29, 1.82) is 0 Å². The van der Waals surface area contributed by atoms with Crippen LogP contribution in [0.1, 0.15) is 48.9 Å². The summed E-state index contributed by atoms with van der Waals surface area (Å²) in [5.74, 6) is 0.336. The summed E-state index contributed by atoms with van der Waals surface area (Å²) in [5, 5.41) is 3.08. The zero-order valence-corrected chi connectivity index (χ0v) is 18.4. The molecule has 0 unspecified atom stereocenters. The van der Waals surface area contributed by atoms with E-state index < -0.39 is 0 Å². The zero-order valence-electron chi connectivity index (χ0n) is 18.4. The first-order chi connectivity index (χ1) is 15.3. The lowest BCUT2D eigenvalue weighted by atomic mass is 9.92. The third kappa shape index (κ3) is 4.77. The summed E-state index contributed by atoms with van der Waals surface area (Å²) in [6.45, 7) is 4.92. The Morgan fingerprint density at radius 1 is 0.968 bits per heavy atom. The predicted molar refractivity (Wildman–Crippen MR) is 124 cm³/mol. The summed E-state index contributed by atoms with van der Waals surface area (Å²) in [6.07, 6.45) is 10.0. The Labute approximate surface area is 185 Å². The number of rotatable bonds is 5. The molecule has 2 fully saturated rings. The maximum atomic E-state index is 12.6. The van der Waals surface area contributed by atoms with Crippen LogP contribution < -0.4 is 10.2 Å². The highest BCUT2D eigenvalue weighted by molar-refractivity contribution is 5.78. The number of likely N-dealkylation sites (tertiary alicyclic amines) is 1. The molecule has 1 aliphatic carbocycles. The fourth-order valence-electron chi connectivity index (χ4n) is 5.60. The van der Waals surface area contributed by atoms with Gasteiger partial charge in [0.2, 0.25) is 5.91 Å². The van der Waals surface area contributed by atoms with Crippen molar-refractivity contribution in [2.24, 2.45) is 5.92 Å². The van der Waals surface area contributed by atoms with Gasteiger partial charge in [-0.1, -0.05) is 12.1 Å². The second-order valence-corrected chi connectivity index (χ2v) is 9.37. The minimum atomic E-state index is 0.145. The maximum Gasteiger partial charge on any atom is 0.223 e. The number of carbonyl (C=O) groups is 1. The Morgan fingerprint density at radius 3 is 2.55 bits per heavy atom. The fraction of sp³-hybridized carbons (Fsp3) is 0.538. The molecule has 5 rings (SSSR count).